The molecule has 1 aromatic heterocycles. The van der Waals surface area contributed by atoms with Gasteiger partial charge in [-0.1, -0.05) is 0 Å². The van der Waals surface area contributed by atoms with Gasteiger partial charge in [-0.05, 0) is 47.3 Å². The van der Waals surface area contributed by atoms with Gasteiger partial charge in [0.15, 0.2) is 0 Å². The maximum Gasteiger partial charge on any atom is 0.253 e. The van der Waals surface area contributed by atoms with Crippen LogP contribution in [0.15, 0.2) is 22.9 Å². The Morgan fingerprint density at radius 2 is 2.24 bits per heavy atom. The van der Waals surface area contributed by atoms with E-state index < -0.39 is 0 Å². The van der Waals surface area contributed by atoms with Crippen LogP contribution in [0.2, 0.25) is 0 Å². The van der Waals surface area contributed by atoms with Crippen LogP contribution >= 0.6 is 15.9 Å². The van der Waals surface area contributed by atoms with Gasteiger partial charge < -0.3 is 10.0 Å². The van der Waals surface area contributed by atoms with Gasteiger partial charge in [-0.25, -0.2) is 4.98 Å². The molecule has 0 aliphatic heterocycles. The van der Waals surface area contributed by atoms with Crippen molar-refractivity contribution < 1.29 is 9.90 Å². The zero-order valence-electron chi connectivity index (χ0n) is 9.90. The molecule has 0 spiro atoms. The molecule has 0 unspecified atom stereocenters. The van der Waals surface area contributed by atoms with Crippen LogP contribution in [0.4, 0.5) is 0 Å². The van der Waals surface area contributed by atoms with Gasteiger partial charge >= 0.3 is 0 Å². The summed E-state index contributed by atoms with van der Waals surface area (Å²) in [5.74, 6) is -0.00269. The van der Waals surface area contributed by atoms with Crippen LogP contribution < -0.4 is 0 Å². The molecule has 0 aliphatic rings. The van der Waals surface area contributed by atoms with Crippen LogP contribution in [0.25, 0.3) is 0 Å². The first kappa shape index (κ1) is 14.1. The van der Waals surface area contributed by atoms with E-state index in [0.29, 0.717) is 16.7 Å². The van der Waals surface area contributed by atoms with Gasteiger partial charge in [0.05, 0.1) is 0 Å². The molecule has 0 atom stereocenters. The Morgan fingerprint density at radius 3 is 2.88 bits per heavy atom. The third-order valence-corrected chi connectivity index (χ3v) is 2.91. The molecule has 0 fully saturated rings. The molecule has 0 aliphatic carbocycles. The normalized spacial score (nSPS) is 10.3. The maximum atomic E-state index is 12.0. The third-order valence-electron chi connectivity index (χ3n) is 2.47. The summed E-state index contributed by atoms with van der Waals surface area (Å²) in [4.78, 5) is 17.7. The van der Waals surface area contributed by atoms with Crippen molar-refractivity contribution in [2.45, 2.75) is 19.3 Å². The predicted octanol–water partition coefficient (Wildman–Crippen LogP) is 2.08. The van der Waals surface area contributed by atoms with Crippen LogP contribution in [-0.2, 0) is 0 Å². The smallest absolute Gasteiger partial charge is 0.253 e. The molecular weight excluding hydrogens is 284 g/mol. The molecule has 0 saturated heterocycles. The molecule has 1 N–H and O–H groups in total. The molecular formula is C12H17BrN2O2. The molecule has 5 heteroatoms. The number of aliphatic hydroxyl groups is 1. The lowest BCUT2D eigenvalue weighted by atomic mass is 10.2. The largest absolute Gasteiger partial charge is 0.396 e. The minimum atomic E-state index is -0.00269. The minimum absolute atomic E-state index is 0.00269. The number of carbonyl (C=O) groups is 1. The Kier molecular flexibility index (Phi) is 6.15. The standard InChI is InChI=1S/C12H17BrN2O2/c1-15(7-3-2-4-8-16)12(17)10-5-6-14-11(13)9-10/h5-6,9,16H,2-4,7-8H2,1H3. The number of hydrogen-bond acceptors (Lipinski definition) is 3. The molecule has 0 bridgehead atoms. The number of hydrogen-bond donors (Lipinski definition) is 1. The summed E-state index contributed by atoms with van der Waals surface area (Å²) in [6.45, 7) is 0.924. The van der Waals surface area contributed by atoms with Crippen LogP contribution in [0.3, 0.4) is 0 Å². The monoisotopic (exact) mass is 300 g/mol. The first-order chi connectivity index (χ1) is 8.15. The molecule has 4 nitrogen and oxygen atoms in total. The highest BCUT2D eigenvalue weighted by Gasteiger charge is 2.11. The first-order valence-electron chi connectivity index (χ1n) is 5.63. The fourth-order valence-electron chi connectivity index (χ4n) is 1.49. The molecule has 0 aromatic carbocycles. The van der Waals surface area contributed by atoms with Crippen molar-refractivity contribution >= 4 is 21.8 Å². The van der Waals surface area contributed by atoms with E-state index in [1.807, 2.05) is 0 Å². The Labute approximate surface area is 110 Å². The second-order valence-corrected chi connectivity index (χ2v) is 4.69. The maximum absolute atomic E-state index is 12.0. The number of amides is 1. The molecule has 1 amide bonds. The number of halogens is 1. The molecule has 0 radical (unpaired) electrons. The van der Waals surface area contributed by atoms with Crippen molar-refractivity contribution in [3.05, 3.63) is 28.5 Å². The Balaban J connectivity index is 2.46. The Bertz CT molecular complexity index is 371. The van der Waals surface area contributed by atoms with Gasteiger partial charge in [-0.2, -0.15) is 0 Å². The van der Waals surface area contributed by atoms with Crippen molar-refractivity contribution in [1.82, 2.24) is 9.88 Å². The van der Waals surface area contributed by atoms with E-state index in [0.717, 1.165) is 19.3 Å². The average Bonchev–Trinajstić information content (AvgIpc) is 2.33. The van der Waals surface area contributed by atoms with E-state index in [4.69, 9.17) is 5.11 Å². The topological polar surface area (TPSA) is 53.4 Å². The van der Waals surface area contributed by atoms with Gasteiger partial charge in [-0.3, -0.25) is 4.79 Å². The van der Waals surface area contributed by atoms with E-state index in [1.165, 1.54) is 0 Å². The molecule has 17 heavy (non-hydrogen) atoms. The number of unbranched alkanes of at least 4 members (excludes halogenated alkanes) is 2. The van der Waals surface area contributed by atoms with Gasteiger partial charge in [0.1, 0.15) is 4.60 Å². The van der Waals surface area contributed by atoms with E-state index in [1.54, 1.807) is 30.3 Å². The summed E-state index contributed by atoms with van der Waals surface area (Å²) in [7, 11) is 1.79. The Hall–Kier alpha value is -0.940. The molecule has 0 saturated carbocycles. The molecule has 94 valence electrons. The first-order valence-corrected chi connectivity index (χ1v) is 6.42. The lowest BCUT2D eigenvalue weighted by Gasteiger charge is -2.17. The summed E-state index contributed by atoms with van der Waals surface area (Å²) in [5.41, 5.74) is 0.636. The summed E-state index contributed by atoms with van der Waals surface area (Å²) < 4.78 is 0.664. The average molecular weight is 301 g/mol. The van der Waals surface area contributed by atoms with Crippen LogP contribution in [-0.4, -0.2) is 41.1 Å². The fraction of sp³-hybridized carbons (Fsp3) is 0.500. The van der Waals surface area contributed by atoms with E-state index in [-0.39, 0.29) is 12.5 Å². The van der Waals surface area contributed by atoms with Crippen molar-refractivity contribution in [2.24, 2.45) is 0 Å². The molecule has 1 aromatic rings. The lowest BCUT2D eigenvalue weighted by molar-refractivity contribution is 0.0792. The minimum Gasteiger partial charge on any atom is -0.396 e. The van der Waals surface area contributed by atoms with Gasteiger partial charge in [-0.15, -0.1) is 0 Å². The van der Waals surface area contributed by atoms with Crippen molar-refractivity contribution in [3.63, 3.8) is 0 Å². The third kappa shape index (κ3) is 4.83. The van der Waals surface area contributed by atoms with Crippen molar-refractivity contribution in [1.29, 1.82) is 0 Å². The second-order valence-electron chi connectivity index (χ2n) is 3.88. The Morgan fingerprint density at radius 1 is 1.47 bits per heavy atom. The van der Waals surface area contributed by atoms with E-state index in [2.05, 4.69) is 20.9 Å². The molecule has 1 rings (SSSR count). The highest BCUT2D eigenvalue weighted by molar-refractivity contribution is 9.10. The summed E-state index contributed by atoms with van der Waals surface area (Å²) >= 11 is 3.24. The number of aromatic nitrogens is 1. The zero-order valence-corrected chi connectivity index (χ0v) is 11.5. The SMILES string of the molecule is CN(CCCCCO)C(=O)c1ccnc(Br)c1. The van der Waals surface area contributed by atoms with Gasteiger partial charge in [0, 0.05) is 32.0 Å². The summed E-state index contributed by atoms with van der Waals surface area (Å²) in [6.07, 6.45) is 4.25. The lowest BCUT2D eigenvalue weighted by Crippen LogP contribution is -2.27. The van der Waals surface area contributed by atoms with E-state index >= 15 is 0 Å². The highest BCUT2D eigenvalue weighted by atomic mass is 79.9. The number of aliphatic hydroxyl groups excluding tert-OH is 1. The van der Waals surface area contributed by atoms with Crippen LogP contribution in [0.1, 0.15) is 29.6 Å². The van der Waals surface area contributed by atoms with Crippen molar-refractivity contribution in [3.8, 4) is 0 Å². The molecule has 1 heterocycles. The van der Waals surface area contributed by atoms with Gasteiger partial charge in [0.2, 0.25) is 0 Å². The number of carbonyl (C=O) groups excluding carboxylic acids is 1. The van der Waals surface area contributed by atoms with E-state index in [9.17, 15) is 4.79 Å². The summed E-state index contributed by atoms with van der Waals surface area (Å²) in [6, 6.07) is 3.42. The van der Waals surface area contributed by atoms with Crippen LogP contribution in [0.5, 0.6) is 0 Å². The highest BCUT2D eigenvalue weighted by Crippen LogP contribution is 2.10. The number of nitrogens with zero attached hydrogens (tertiary/aromatic N) is 2. The summed E-state index contributed by atoms with van der Waals surface area (Å²) in [5, 5.41) is 8.66. The second kappa shape index (κ2) is 7.40. The fourth-order valence-corrected chi connectivity index (χ4v) is 1.86. The van der Waals surface area contributed by atoms with Crippen LogP contribution in [0, 0.1) is 0 Å². The zero-order chi connectivity index (χ0) is 12.7. The predicted molar refractivity (Wildman–Crippen MR) is 69.8 cm³/mol. The van der Waals surface area contributed by atoms with Crippen molar-refractivity contribution in [2.75, 3.05) is 20.2 Å². The van der Waals surface area contributed by atoms with Gasteiger partial charge in [0.25, 0.3) is 5.91 Å². The quantitative estimate of drug-likeness (QED) is 0.646. The number of pyridine rings is 1. The number of rotatable bonds is 6.